The molecule has 0 spiro atoms. The van der Waals surface area contributed by atoms with Gasteiger partial charge >= 0.3 is 0 Å². The average molecular weight is 418 g/mol. The predicted molar refractivity (Wildman–Crippen MR) is 122 cm³/mol. The smallest absolute Gasteiger partial charge is 0.130 e. The minimum absolute atomic E-state index is 0.177. The van der Waals surface area contributed by atoms with Gasteiger partial charge in [0.25, 0.3) is 0 Å². The number of morpholine rings is 1. The molecule has 0 saturated carbocycles. The first-order chi connectivity index (χ1) is 14.9. The number of fused-ring (bicyclic) bond motifs is 2. The summed E-state index contributed by atoms with van der Waals surface area (Å²) in [5, 5.41) is 2.45. The summed E-state index contributed by atoms with van der Waals surface area (Å²) >= 11 is 1.84. The zero-order valence-electron chi connectivity index (χ0n) is 16.6. The van der Waals surface area contributed by atoms with E-state index in [4.69, 9.17) is 14.7 Å². The summed E-state index contributed by atoms with van der Waals surface area (Å²) in [6, 6.07) is 15.4. The second kappa shape index (κ2) is 7.59. The Balaban J connectivity index is 1.58. The topological polar surface area (TPSA) is 62.3 Å². The second-order valence-electron chi connectivity index (χ2n) is 7.78. The van der Waals surface area contributed by atoms with Crippen molar-refractivity contribution in [2.75, 3.05) is 37.7 Å². The van der Waals surface area contributed by atoms with Crippen LogP contribution in [0.2, 0.25) is 0 Å². The van der Waals surface area contributed by atoms with E-state index >= 15 is 0 Å². The Kier molecular flexibility index (Phi) is 4.61. The number of thiophene rings is 1. The van der Waals surface area contributed by atoms with Crippen LogP contribution in [0.15, 0.2) is 48.7 Å². The SMILES string of the molecule is c1ccc2sc(-c3cc(N4CCOCC4)nc4c(C5CCNN5)nccc34)cc2c1. The van der Waals surface area contributed by atoms with Crippen molar-refractivity contribution in [3.63, 3.8) is 0 Å². The Bertz CT molecular complexity index is 1180. The standard InChI is InChI=1S/C23H23N5OS/c1-2-4-19-15(3-1)13-20(30-19)17-14-21(28-9-11-29-12-10-28)26-22-16(17)5-7-24-23(22)18-6-8-25-27-18/h1-5,7,13-14,18,25,27H,6,8-12H2. The zero-order valence-corrected chi connectivity index (χ0v) is 17.4. The van der Waals surface area contributed by atoms with Crippen molar-refractivity contribution in [1.82, 2.24) is 20.8 Å². The summed E-state index contributed by atoms with van der Waals surface area (Å²) in [7, 11) is 0. The third-order valence-corrected chi connectivity index (χ3v) is 7.08. The number of pyridine rings is 2. The molecule has 0 bridgehead atoms. The van der Waals surface area contributed by atoms with E-state index in [0.717, 1.165) is 61.7 Å². The third-order valence-electron chi connectivity index (χ3n) is 5.93. The highest BCUT2D eigenvalue weighted by Crippen LogP contribution is 2.40. The fourth-order valence-corrected chi connectivity index (χ4v) is 5.47. The van der Waals surface area contributed by atoms with Crippen molar-refractivity contribution in [2.24, 2.45) is 0 Å². The van der Waals surface area contributed by atoms with E-state index in [9.17, 15) is 0 Å². The molecule has 2 N–H and O–H groups in total. The van der Waals surface area contributed by atoms with Crippen LogP contribution in [0, 0.1) is 0 Å². The fraction of sp³-hybridized carbons (Fsp3) is 0.304. The molecule has 2 aliphatic rings. The maximum absolute atomic E-state index is 5.57. The van der Waals surface area contributed by atoms with E-state index in [2.05, 4.69) is 58.2 Å². The van der Waals surface area contributed by atoms with Crippen molar-refractivity contribution < 1.29 is 4.74 Å². The Morgan fingerprint density at radius 2 is 2.00 bits per heavy atom. The molecule has 2 aliphatic heterocycles. The van der Waals surface area contributed by atoms with E-state index in [0.29, 0.717) is 0 Å². The van der Waals surface area contributed by atoms with Gasteiger partial charge in [-0.05, 0) is 36.1 Å². The van der Waals surface area contributed by atoms with Crippen LogP contribution < -0.4 is 15.8 Å². The lowest BCUT2D eigenvalue weighted by molar-refractivity contribution is 0.122. The maximum Gasteiger partial charge on any atom is 0.130 e. The Morgan fingerprint density at radius 3 is 2.83 bits per heavy atom. The van der Waals surface area contributed by atoms with Gasteiger partial charge in [0.05, 0.1) is 30.5 Å². The van der Waals surface area contributed by atoms with Crippen LogP contribution in [0.25, 0.3) is 31.4 Å². The van der Waals surface area contributed by atoms with Gasteiger partial charge in [0.1, 0.15) is 5.82 Å². The summed E-state index contributed by atoms with van der Waals surface area (Å²) in [4.78, 5) is 13.5. The Labute approximate surface area is 178 Å². The average Bonchev–Trinajstić information content (AvgIpc) is 3.48. The number of benzene rings is 1. The minimum Gasteiger partial charge on any atom is -0.378 e. The molecule has 3 aromatic heterocycles. The predicted octanol–water partition coefficient (Wildman–Crippen LogP) is 3.89. The van der Waals surface area contributed by atoms with Crippen LogP contribution in [0.4, 0.5) is 5.82 Å². The van der Waals surface area contributed by atoms with Crippen molar-refractivity contribution in [1.29, 1.82) is 0 Å². The number of ether oxygens (including phenoxy) is 1. The summed E-state index contributed by atoms with van der Waals surface area (Å²) in [6.07, 6.45) is 2.93. The van der Waals surface area contributed by atoms with Gasteiger partial charge in [0.2, 0.25) is 0 Å². The van der Waals surface area contributed by atoms with Crippen molar-refractivity contribution in [3.05, 3.63) is 54.4 Å². The van der Waals surface area contributed by atoms with Crippen LogP contribution in [0.1, 0.15) is 18.2 Å². The van der Waals surface area contributed by atoms with Gasteiger partial charge in [0, 0.05) is 46.4 Å². The number of hydrogen-bond donors (Lipinski definition) is 2. The van der Waals surface area contributed by atoms with E-state index in [1.54, 1.807) is 0 Å². The molecule has 1 unspecified atom stereocenters. The number of nitrogens with zero attached hydrogens (tertiary/aromatic N) is 3. The van der Waals surface area contributed by atoms with E-state index in [-0.39, 0.29) is 6.04 Å². The highest BCUT2D eigenvalue weighted by atomic mass is 32.1. The molecule has 30 heavy (non-hydrogen) atoms. The van der Waals surface area contributed by atoms with Crippen molar-refractivity contribution in [3.8, 4) is 10.4 Å². The lowest BCUT2D eigenvalue weighted by atomic mass is 10.0. The number of hydrazine groups is 1. The van der Waals surface area contributed by atoms with E-state index in [1.165, 1.54) is 20.5 Å². The normalized spacial score (nSPS) is 19.7. The quantitative estimate of drug-likeness (QED) is 0.527. The van der Waals surface area contributed by atoms with Gasteiger partial charge in [0.15, 0.2) is 0 Å². The molecule has 4 aromatic rings. The molecule has 7 heteroatoms. The number of hydrogen-bond acceptors (Lipinski definition) is 7. The molecule has 2 fully saturated rings. The largest absolute Gasteiger partial charge is 0.378 e. The summed E-state index contributed by atoms with van der Waals surface area (Å²) < 4.78 is 6.88. The van der Waals surface area contributed by atoms with Crippen LogP contribution >= 0.6 is 11.3 Å². The molecule has 5 heterocycles. The van der Waals surface area contributed by atoms with Crippen LogP contribution in [0.5, 0.6) is 0 Å². The number of anilines is 1. The zero-order chi connectivity index (χ0) is 19.9. The molecule has 152 valence electrons. The van der Waals surface area contributed by atoms with Crippen LogP contribution in [0.3, 0.4) is 0 Å². The fourth-order valence-electron chi connectivity index (χ4n) is 4.38. The summed E-state index contributed by atoms with van der Waals surface area (Å²) in [5.41, 5.74) is 9.85. The highest BCUT2D eigenvalue weighted by molar-refractivity contribution is 7.22. The number of rotatable bonds is 3. The number of nitrogens with one attached hydrogen (secondary N) is 2. The van der Waals surface area contributed by atoms with E-state index < -0.39 is 0 Å². The first-order valence-corrected chi connectivity index (χ1v) is 11.3. The molecule has 1 atom stereocenters. The molecular weight excluding hydrogens is 394 g/mol. The van der Waals surface area contributed by atoms with E-state index in [1.807, 2.05) is 17.5 Å². The first-order valence-electron chi connectivity index (χ1n) is 10.5. The summed E-state index contributed by atoms with van der Waals surface area (Å²) in [6.45, 7) is 4.15. The van der Waals surface area contributed by atoms with Crippen LogP contribution in [-0.2, 0) is 4.74 Å². The summed E-state index contributed by atoms with van der Waals surface area (Å²) in [5.74, 6) is 1.01. The van der Waals surface area contributed by atoms with Crippen LogP contribution in [-0.4, -0.2) is 42.8 Å². The molecule has 2 saturated heterocycles. The molecular formula is C23H23N5OS. The molecule has 0 radical (unpaired) electrons. The number of aromatic nitrogens is 2. The molecule has 6 nitrogen and oxygen atoms in total. The Morgan fingerprint density at radius 1 is 1.10 bits per heavy atom. The first kappa shape index (κ1) is 18.2. The molecule has 1 aromatic carbocycles. The lowest BCUT2D eigenvalue weighted by Gasteiger charge is -2.28. The van der Waals surface area contributed by atoms with Gasteiger partial charge in [-0.15, -0.1) is 11.3 Å². The van der Waals surface area contributed by atoms with Crippen molar-refractivity contribution in [2.45, 2.75) is 12.5 Å². The maximum atomic E-state index is 5.57. The van der Waals surface area contributed by atoms with Crippen molar-refractivity contribution >= 4 is 38.1 Å². The minimum atomic E-state index is 0.177. The van der Waals surface area contributed by atoms with Gasteiger partial charge in [-0.2, -0.15) is 0 Å². The van der Waals surface area contributed by atoms with Gasteiger partial charge in [-0.25, -0.2) is 10.4 Å². The third kappa shape index (κ3) is 3.15. The highest BCUT2D eigenvalue weighted by Gasteiger charge is 2.24. The molecule has 0 aliphatic carbocycles. The van der Waals surface area contributed by atoms with Gasteiger partial charge in [-0.3, -0.25) is 10.4 Å². The van der Waals surface area contributed by atoms with Gasteiger partial charge < -0.3 is 9.64 Å². The van der Waals surface area contributed by atoms with Gasteiger partial charge in [-0.1, -0.05) is 18.2 Å². The molecule has 0 amide bonds. The monoisotopic (exact) mass is 417 g/mol. The Hall–Kier alpha value is -2.58. The molecule has 6 rings (SSSR count). The lowest BCUT2D eigenvalue weighted by Crippen LogP contribution is -2.36. The second-order valence-corrected chi connectivity index (χ2v) is 8.86.